The van der Waals surface area contributed by atoms with Crippen molar-refractivity contribution in [1.82, 2.24) is 4.72 Å². The Morgan fingerprint density at radius 3 is 2.33 bits per heavy atom. The maximum absolute atomic E-state index is 13.3. The number of carbonyl (C=O) groups is 2. The number of methoxy groups -OCH3 is 1. The number of ether oxygens (including phenoxy) is 2. The lowest BCUT2D eigenvalue weighted by Gasteiger charge is -2.37. The van der Waals surface area contributed by atoms with E-state index < -0.39 is 27.2 Å². The second-order valence-corrected chi connectivity index (χ2v) is 11.8. The molecule has 0 saturated carbocycles. The number of nitrogens with one attached hydrogen (secondary N) is 1. The number of hydrogen-bond donors (Lipinski definition) is 1. The minimum atomic E-state index is -1.47. The monoisotopic (exact) mass is 492 g/mol. The van der Waals surface area contributed by atoms with Crippen molar-refractivity contribution < 1.29 is 23.3 Å². The molecule has 1 aromatic heterocycles. The summed E-state index contributed by atoms with van der Waals surface area (Å²) in [5.74, 6) is -0.873. The Balaban J connectivity index is 2.04. The molecule has 0 spiro atoms. The molecule has 2 heterocycles. The summed E-state index contributed by atoms with van der Waals surface area (Å²) < 4.78 is 26.2. The van der Waals surface area contributed by atoms with Crippen molar-refractivity contribution in [2.75, 3.05) is 38.3 Å². The molecule has 2 unspecified atom stereocenters. The molecule has 2 aromatic rings. The molecule has 0 aliphatic carbocycles. The highest BCUT2D eigenvalue weighted by atomic mass is 32.2. The van der Waals surface area contributed by atoms with E-state index in [-0.39, 0.29) is 18.6 Å². The van der Waals surface area contributed by atoms with Gasteiger partial charge in [0.2, 0.25) is 0 Å². The zero-order valence-electron chi connectivity index (χ0n) is 19.6. The normalized spacial score (nSPS) is 17.3. The molecule has 1 saturated heterocycles. The molecule has 1 fully saturated rings. The summed E-state index contributed by atoms with van der Waals surface area (Å²) in [6, 6.07) is 9.92. The summed E-state index contributed by atoms with van der Waals surface area (Å²) in [6.07, 6.45) is -0.365. The van der Waals surface area contributed by atoms with Crippen LogP contribution in [0.25, 0.3) is 0 Å². The molecule has 1 N–H and O–H groups in total. The minimum absolute atomic E-state index is 0.0302. The van der Waals surface area contributed by atoms with Crippen molar-refractivity contribution in [2.45, 2.75) is 43.9 Å². The number of morpholine rings is 1. The molecule has 3 rings (SSSR count). The molecule has 9 heteroatoms. The molecule has 0 bridgehead atoms. The van der Waals surface area contributed by atoms with Gasteiger partial charge in [0.15, 0.2) is 0 Å². The number of carbonyl (C=O) groups excluding carboxylic acids is 2. The molecule has 33 heavy (non-hydrogen) atoms. The highest BCUT2D eigenvalue weighted by molar-refractivity contribution is 7.84. The zero-order valence-corrected chi connectivity index (χ0v) is 21.2. The smallest absolute Gasteiger partial charge is 0.313 e. The van der Waals surface area contributed by atoms with Gasteiger partial charge in [0.1, 0.15) is 12.2 Å². The number of ketones is 1. The van der Waals surface area contributed by atoms with Gasteiger partial charge in [0.05, 0.1) is 41.6 Å². The molecule has 1 aliphatic heterocycles. The lowest BCUT2D eigenvalue weighted by molar-refractivity contribution is -0.143. The Kier molecular flexibility index (Phi) is 8.44. The highest BCUT2D eigenvalue weighted by Gasteiger charge is 2.41. The van der Waals surface area contributed by atoms with Gasteiger partial charge in [-0.25, -0.2) is 8.93 Å². The lowest BCUT2D eigenvalue weighted by Crippen LogP contribution is -2.50. The molecule has 1 aromatic carbocycles. The van der Waals surface area contributed by atoms with E-state index in [1.165, 1.54) is 18.4 Å². The first-order valence-corrected chi connectivity index (χ1v) is 13.0. The largest absolute Gasteiger partial charge is 0.469 e. The van der Waals surface area contributed by atoms with Crippen molar-refractivity contribution in [3.05, 3.63) is 52.2 Å². The number of esters is 1. The minimum Gasteiger partial charge on any atom is -0.469 e. The number of Topliss-reactive ketones (excluding diaryl/α,β-unsaturated/α-hetero) is 1. The van der Waals surface area contributed by atoms with Crippen LogP contribution in [-0.2, 0) is 35.6 Å². The third kappa shape index (κ3) is 6.29. The third-order valence-corrected chi connectivity index (χ3v) is 7.93. The summed E-state index contributed by atoms with van der Waals surface area (Å²) in [4.78, 5) is 27.0. The first kappa shape index (κ1) is 25.6. The second-order valence-electron chi connectivity index (χ2n) is 9.02. The van der Waals surface area contributed by atoms with E-state index >= 15 is 0 Å². The van der Waals surface area contributed by atoms with Gasteiger partial charge in [-0.15, -0.1) is 0 Å². The highest BCUT2D eigenvalue weighted by Crippen LogP contribution is 2.37. The fourth-order valence-electron chi connectivity index (χ4n) is 3.71. The van der Waals surface area contributed by atoms with Crippen molar-refractivity contribution in [1.29, 1.82) is 0 Å². The Bertz CT molecular complexity index is 964. The van der Waals surface area contributed by atoms with Crippen molar-refractivity contribution >= 4 is 39.8 Å². The van der Waals surface area contributed by atoms with Gasteiger partial charge in [0.25, 0.3) is 0 Å². The number of nitrogens with zero attached hydrogens (tertiary/aromatic N) is 1. The predicted octanol–water partition coefficient (Wildman–Crippen LogP) is 3.40. The standard InChI is InChI=1S/C24H32N2O5S2/c1-23(2,3)33(29)25-24(19-9-14-32-17-19,16-21(27)15-22(28)30-4)18-5-7-20(8-6-18)26-10-12-31-13-11-26/h5-9,14,17,25H,10-13,15-16H2,1-4H3. The van der Waals surface area contributed by atoms with Crippen molar-refractivity contribution in [3.63, 3.8) is 0 Å². The average Bonchev–Trinajstić information content (AvgIpc) is 3.34. The van der Waals surface area contributed by atoms with Gasteiger partial charge in [-0.3, -0.25) is 9.59 Å². The molecule has 2 atom stereocenters. The van der Waals surface area contributed by atoms with Gasteiger partial charge >= 0.3 is 5.97 Å². The van der Waals surface area contributed by atoms with Gasteiger partial charge in [-0.2, -0.15) is 11.3 Å². The summed E-state index contributed by atoms with van der Waals surface area (Å²) >= 11 is 1.50. The number of thiophene rings is 1. The Morgan fingerprint density at radius 2 is 1.79 bits per heavy atom. The second kappa shape index (κ2) is 10.9. The van der Waals surface area contributed by atoms with E-state index in [1.54, 1.807) is 0 Å². The van der Waals surface area contributed by atoms with Crippen LogP contribution in [0.4, 0.5) is 5.69 Å². The van der Waals surface area contributed by atoms with E-state index in [9.17, 15) is 13.8 Å². The summed E-state index contributed by atoms with van der Waals surface area (Å²) in [7, 11) is -0.210. The van der Waals surface area contributed by atoms with Crippen LogP contribution in [0.5, 0.6) is 0 Å². The van der Waals surface area contributed by atoms with Crippen LogP contribution in [0, 0.1) is 0 Å². The van der Waals surface area contributed by atoms with Crippen molar-refractivity contribution in [2.24, 2.45) is 0 Å². The van der Waals surface area contributed by atoms with Gasteiger partial charge in [-0.05, 0) is 60.9 Å². The topological polar surface area (TPSA) is 84.9 Å². The summed E-state index contributed by atoms with van der Waals surface area (Å²) in [6.45, 7) is 8.66. The number of hydrogen-bond acceptors (Lipinski definition) is 7. The van der Waals surface area contributed by atoms with Crippen molar-refractivity contribution in [3.8, 4) is 0 Å². The first-order chi connectivity index (χ1) is 15.7. The maximum atomic E-state index is 13.3. The summed E-state index contributed by atoms with van der Waals surface area (Å²) in [5.41, 5.74) is 1.67. The predicted molar refractivity (Wildman–Crippen MR) is 132 cm³/mol. The summed E-state index contributed by atoms with van der Waals surface area (Å²) in [5, 5.41) is 3.88. The van der Waals surface area contributed by atoms with E-state index in [2.05, 4.69) is 9.62 Å². The number of rotatable bonds is 9. The maximum Gasteiger partial charge on any atom is 0.313 e. The fourth-order valence-corrected chi connectivity index (χ4v) is 5.37. The van der Waals surface area contributed by atoms with Crippen LogP contribution < -0.4 is 9.62 Å². The SMILES string of the molecule is COC(=O)CC(=O)CC(NS(=O)C(C)(C)C)(c1ccc(N2CCOCC2)cc1)c1ccsc1. The van der Waals surface area contributed by atoms with Crippen LogP contribution in [0.1, 0.15) is 44.7 Å². The molecule has 1 aliphatic rings. The van der Waals surface area contributed by atoms with E-state index in [1.807, 2.05) is 61.9 Å². The van der Waals surface area contributed by atoms with Gasteiger partial charge < -0.3 is 14.4 Å². The average molecular weight is 493 g/mol. The molecular formula is C24H32N2O5S2. The Labute approximate surface area is 202 Å². The molecule has 0 radical (unpaired) electrons. The van der Waals surface area contributed by atoms with E-state index in [0.717, 1.165) is 29.9 Å². The lowest BCUT2D eigenvalue weighted by atomic mass is 9.80. The fraction of sp³-hybridized carbons (Fsp3) is 0.500. The molecule has 0 amide bonds. The molecular weight excluding hydrogens is 460 g/mol. The Hall–Kier alpha value is -2.07. The quantitative estimate of drug-likeness (QED) is 0.427. The molecule has 7 nitrogen and oxygen atoms in total. The van der Waals surface area contributed by atoms with Gasteiger partial charge in [0, 0.05) is 25.2 Å². The number of benzene rings is 1. The first-order valence-electron chi connectivity index (χ1n) is 10.9. The van der Waals surface area contributed by atoms with Gasteiger partial charge in [-0.1, -0.05) is 12.1 Å². The van der Waals surface area contributed by atoms with E-state index in [0.29, 0.717) is 13.2 Å². The van der Waals surface area contributed by atoms with Crippen LogP contribution in [0.15, 0.2) is 41.1 Å². The van der Waals surface area contributed by atoms with Crippen LogP contribution in [0.3, 0.4) is 0 Å². The zero-order chi connectivity index (χ0) is 24.1. The van der Waals surface area contributed by atoms with Crippen LogP contribution in [-0.4, -0.2) is 54.1 Å². The Morgan fingerprint density at radius 1 is 1.12 bits per heavy atom. The number of anilines is 1. The third-order valence-electron chi connectivity index (χ3n) is 5.60. The molecule has 180 valence electrons. The van der Waals surface area contributed by atoms with Crippen LogP contribution >= 0.6 is 11.3 Å². The van der Waals surface area contributed by atoms with E-state index in [4.69, 9.17) is 9.47 Å². The van der Waals surface area contributed by atoms with Crippen LogP contribution in [0.2, 0.25) is 0 Å².